The van der Waals surface area contributed by atoms with E-state index in [2.05, 4.69) is 0 Å². The lowest BCUT2D eigenvalue weighted by atomic mass is 9.75. The van der Waals surface area contributed by atoms with Gasteiger partial charge in [0.1, 0.15) is 11.2 Å². The van der Waals surface area contributed by atoms with Crippen LogP contribution in [0.5, 0.6) is 0 Å². The van der Waals surface area contributed by atoms with Gasteiger partial charge in [0.2, 0.25) is 0 Å². The zero-order chi connectivity index (χ0) is 16.4. The maximum atomic E-state index is 10.9. The Balaban J connectivity index is 2.44. The summed E-state index contributed by atoms with van der Waals surface area (Å²) in [7, 11) is 0. The van der Waals surface area contributed by atoms with E-state index in [9.17, 15) is 10.2 Å². The Morgan fingerprint density at radius 1 is 0.682 bits per heavy atom. The third-order valence-corrected chi connectivity index (χ3v) is 4.10. The fourth-order valence-electron chi connectivity index (χ4n) is 2.30. The summed E-state index contributed by atoms with van der Waals surface area (Å²) in [6, 6.07) is 16.9. The molecule has 22 heavy (non-hydrogen) atoms. The summed E-state index contributed by atoms with van der Waals surface area (Å²) >= 11 is 0. The molecule has 2 aromatic carbocycles. The molecule has 4 heteroatoms. The first-order valence-electron chi connectivity index (χ1n) is 6.79. The van der Waals surface area contributed by atoms with E-state index in [1.165, 1.54) is 13.8 Å². The summed E-state index contributed by atoms with van der Waals surface area (Å²) in [6.45, 7) is 3.04. The third-order valence-electron chi connectivity index (χ3n) is 4.10. The summed E-state index contributed by atoms with van der Waals surface area (Å²) in [6.07, 6.45) is 0. The molecule has 2 aromatic rings. The van der Waals surface area contributed by atoms with Crippen molar-refractivity contribution < 1.29 is 10.2 Å². The monoisotopic (exact) mass is 292 g/mol. The topological polar surface area (TPSA) is 88.0 Å². The molecule has 0 heterocycles. The molecule has 2 N–H and O–H groups in total. The number of aliphatic hydroxyl groups is 2. The summed E-state index contributed by atoms with van der Waals surface area (Å²) < 4.78 is 0. The van der Waals surface area contributed by atoms with Gasteiger partial charge >= 0.3 is 0 Å². The second-order valence-corrected chi connectivity index (χ2v) is 5.52. The normalized spacial score (nSPS) is 15.9. The Morgan fingerprint density at radius 3 is 1.18 bits per heavy atom. The van der Waals surface area contributed by atoms with Crippen molar-refractivity contribution in [2.75, 3.05) is 0 Å². The minimum absolute atomic E-state index is 0.484. The van der Waals surface area contributed by atoms with Crippen LogP contribution in [0.3, 0.4) is 0 Å². The van der Waals surface area contributed by atoms with Crippen LogP contribution >= 0.6 is 0 Å². The molecule has 0 saturated heterocycles. The maximum Gasteiger partial charge on any atom is 0.119 e. The number of nitrogens with zero attached hydrogens (tertiary/aromatic N) is 2. The molecular formula is C18H16N2O2. The van der Waals surface area contributed by atoms with Crippen LogP contribution < -0.4 is 0 Å². The van der Waals surface area contributed by atoms with Gasteiger partial charge in [0.05, 0.1) is 23.3 Å². The fraction of sp³-hybridized carbons (Fsp3) is 0.222. The van der Waals surface area contributed by atoms with Gasteiger partial charge in [-0.1, -0.05) is 24.3 Å². The molecule has 0 radical (unpaired) electrons. The smallest absolute Gasteiger partial charge is 0.119 e. The first-order valence-corrected chi connectivity index (χ1v) is 6.79. The van der Waals surface area contributed by atoms with Crippen LogP contribution in [0, 0.1) is 22.7 Å². The summed E-state index contributed by atoms with van der Waals surface area (Å²) in [5.74, 6) is 0. The maximum absolute atomic E-state index is 10.9. The van der Waals surface area contributed by atoms with Crippen LogP contribution in [0.2, 0.25) is 0 Å². The van der Waals surface area contributed by atoms with E-state index in [0.717, 1.165) is 0 Å². The van der Waals surface area contributed by atoms with Gasteiger partial charge in [0.15, 0.2) is 0 Å². The minimum atomic E-state index is -1.56. The summed E-state index contributed by atoms with van der Waals surface area (Å²) in [5, 5.41) is 39.4. The van der Waals surface area contributed by atoms with E-state index in [4.69, 9.17) is 10.5 Å². The Bertz CT molecular complexity index is 678. The summed E-state index contributed by atoms with van der Waals surface area (Å²) in [5.41, 5.74) is -1.15. The molecule has 0 amide bonds. The molecule has 0 bridgehead atoms. The minimum Gasteiger partial charge on any atom is -0.382 e. The van der Waals surface area contributed by atoms with Crippen molar-refractivity contribution in [2.45, 2.75) is 25.0 Å². The van der Waals surface area contributed by atoms with Gasteiger partial charge in [-0.2, -0.15) is 10.5 Å². The molecule has 0 aliphatic heterocycles. The van der Waals surface area contributed by atoms with Crippen LogP contribution in [-0.2, 0) is 11.2 Å². The van der Waals surface area contributed by atoms with E-state index in [0.29, 0.717) is 22.3 Å². The van der Waals surface area contributed by atoms with Crippen molar-refractivity contribution in [1.82, 2.24) is 0 Å². The van der Waals surface area contributed by atoms with Crippen molar-refractivity contribution in [3.8, 4) is 12.1 Å². The van der Waals surface area contributed by atoms with Crippen LogP contribution in [0.1, 0.15) is 36.1 Å². The van der Waals surface area contributed by atoms with Crippen molar-refractivity contribution >= 4 is 0 Å². The Labute approximate surface area is 129 Å². The number of hydrogen-bond acceptors (Lipinski definition) is 4. The first-order chi connectivity index (χ1) is 10.3. The van der Waals surface area contributed by atoms with E-state index < -0.39 is 11.2 Å². The van der Waals surface area contributed by atoms with Gasteiger partial charge in [-0.25, -0.2) is 0 Å². The molecule has 0 spiro atoms. The Kier molecular flexibility index (Phi) is 4.01. The van der Waals surface area contributed by atoms with Crippen molar-refractivity contribution in [2.24, 2.45) is 0 Å². The lowest BCUT2D eigenvalue weighted by Gasteiger charge is -2.39. The molecule has 0 aliphatic rings. The van der Waals surface area contributed by atoms with Crippen LogP contribution in [0.4, 0.5) is 0 Å². The number of benzene rings is 2. The highest BCUT2D eigenvalue weighted by atomic mass is 16.4. The zero-order valence-electron chi connectivity index (χ0n) is 12.4. The molecule has 0 fully saturated rings. The first kappa shape index (κ1) is 15.7. The number of hydrogen-bond donors (Lipinski definition) is 2. The number of nitriles is 2. The Hall–Kier alpha value is -2.66. The molecule has 0 saturated carbocycles. The predicted octanol–water partition coefficient (Wildman–Crippen LogP) is 2.55. The SMILES string of the molecule is CC(O)(c1ccc(C#N)cc1)C(C)(O)c1ccc(C#N)cc1. The molecule has 0 aliphatic carbocycles. The predicted molar refractivity (Wildman–Crippen MR) is 81.5 cm³/mol. The standard InChI is InChI=1S/C18H16N2O2/c1-17(21,15-7-3-13(11-19)4-8-15)18(2,22)16-9-5-14(12-20)6-10-16/h3-10,21-22H,1-2H3. The van der Waals surface area contributed by atoms with Crippen molar-refractivity contribution in [1.29, 1.82) is 10.5 Å². The molecule has 2 unspecified atom stereocenters. The van der Waals surface area contributed by atoms with E-state index in [1.54, 1.807) is 48.5 Å². The lowest BCUT2D eigenvalue weighted by molar-refractivity contribution is -0.143. The van der Waals surface area contributed by atoms with Gasteiger partial charge in [0.25, 0.3) is 0 Å². The largest absolute Gasteiger partial charge is 0.382 e. The van der Waals surface area contributed by atoms with Crippen molar-refractivity contribution in [3.05, 3.63) is 70.8 Å². The highest BCUT2D eigenvalue weighted by molar-refractivity contribution is 5.39. The average molecular weight is 292 g/mol. The van der Waals surface area contributed by atoms with Gasteiger partial charge in [-0.05, 0) is 49.2 Å². The van der Waals surface area contributed by atoms with Gasteiger partial charge in [0, 0.05) is 0 Å². The van der Waals surface area contributed by atoms with Gasteiger partial charge < -0.3 is 10.2 Å². The molecule has 110 valence electrons. The van der Waals surface area contributed by atoms with Crippen LogP contribution in [0.15, 0.2) is 48.5 Å². The Morgan fingerprint density at radius 2 is 0.955 bits per heavy atom. The third kappa shape index (κ3) is 2.58. The highest BCUT2D eigenvalue weighted by Crippen LogP contribution is 2.40. The quantitative estimate of drug-likeness (QED) is 0.910. The zero-order valence-corrected chi connectivity index (χ0v) is 12.4. The van der Waals surface area contributed by atoms with Crippen LogP contribution in [0.25, 0.3) is 0 Å². The molecular weight excluding hydrogens is 276 g/mol. The fourth-order valence-corrected chi connectivity index (χ4v) is 2.30. The lowest BCUT2D eigenvalue weighted by Crippen LogP contribution is -2.45. The van der Waals surface area contributed by atoms with Crippen LogP contribution in [-0.4, -0.2) is 10.2 Å². The summed E-state index contributed by atoms with van der Waals surface area (Å²) in [4.78, 5) is 0. The molecule has 2 atom stereocenters. The van der Waals surface area contributed by atoms with Crippen molar-refractivity contribution in [3.63, 3.8) is 0 Å². The van der Waals surface area contributed by atoms with E-state index in [-0.39, 0.29) is 0 Å². The van der Waals surface area contributed by atoms with E-state index in [1.807, 2.05) is 12.1 Å². The second-order valence-electron chi connectivity index (χ2n) is 5.52. The molecule has 0 aromatic heterocycles. The molecule has 2 rings (SSSR count). The molecule has 4 nitrogen and oxygen atoms in total. The van der Waals surface area contributed by atoms with E-state index >= 15 is 0 Å². The van der Waals surface area contributed by atoms with Gasteiger partial charge in [-0.3, -0.25) is 0 Å². The number of rotatable bonds is 3. The second kappa shape index (κ2) is 5.61. The van der Waals surface area contributed by atoms with Gasteiger partial charge in [-0.15, -0.1) is 0 Å². The highest BCUT2D eigenvalue weighted by Gasteiger charge is 2.44. The average Bonchev–Trinajstić information content (AvgIpc) is 2.54.